The Labute approximate surface area is 330 Å². The molecular formula is C52H35N3S. The lowest BCUT2D eigenvalue weighted by molar-refractivity contribution is 1.07. The lowest BCUT2D eigenvalue weighted by Gasteiger charge is -2.12. The van der Waals surface area contributed by atoms with E-state index in [9.17, 15) is 0 Å². The third-order valence-electron chi connectivity index (χ3n) is 10.3. The van der Waals surface area contributed by atoms with Crippen LogP contribution < -0.4 is 0 Å². The molecule has 264 valence electrons. The van der Waals surface area contributed by atoms with E-state index in [-0.39, 0.29) is 0 Å². The van der Waals surface area contributed by atoms with E-state index < -0.39 is 0 Å². The van der Waals surface area contributed by atoms with Crippen LogP contribution in [0.25, 0.3) is 98.8 Å². The normalized spacial score (nSPS) is 11.3. The molecule has 0 radical (unpaired) electrons. The summed E-state index contributed by atoms with van der Waals surface area (Å²) in [5.41, 5.74) is 13.5. The minimum atomic E-state index is 0.642. The fourth-order valence-corrected chi connectivity index (χ4v) is 8.92. The summed E-state index contributed by atoms with van der Waals surface area (Å²) in [6.07, 6.45) is 0. The summed E-state index contributed by atoms with van der Waals surface area (Å²) in [6.45, 7) is 2.09. The molecule has 0 spiro atoms. The van der Waals surface area contributed by atoms with Crippen molar-refractivity contribution in [3.05, 3.63) is 200 Å². The van der Waals surface area contributed by atoms with Crippen molar-refractivity contribution in [2.75, 3.05) is 0 Å². The van der Waals surface area contributed by atoms with Gasteiger partial charge in [-0.15, -0.1) is 11.3 Å². The number of fused-ring (bicyclic) bond motifs is 3. The van der Waals surface area contributed by atoms with E-state index in [1.165, 1.54) is 59.1 Å². The zero-order valence-electron chi connectivity index (χ0n) is 30.7. The topological polar surface area (TPSA) is 38.7 Å². The van der Waals surface area contributed by atoms with Gasteiger partial charge in [0.25, 0.3) is 0 Å². The fraction of sp³-hybridized carbons (Fsp3) is 0.0192. The Bertz CT molecular complexity index is 3010. The molecule has 2 heterocycles. The molecule has 10 rings (SSSR count). The van der Waals surface area contributed by atoms with Crippen molar-refractivity contribution in [2.24, 2.45) is 0 Å². The molecule has 0 saturated carbocycles. The molecule has 0 unspecified atom stereocenters. The first kappa shape index (κ1) is 33.6. The molecule has 0 aliphatic heterocycles. The average molecular weight is 734 g/mol. The summed E-state index contributed by atoms with van der Waals surface area (Å²) in [5, 5.41) is 2.50. The highest BCUT2D eigenvalue weighted by atomic mass is 32.1. The van der Waals surface area contributed by atoms with E-state index in [0.29, 0.717) is 17.5 Å². The van der Waals surface area contributed by atoms with Gasteiger partial charge in [0.1, 0.15) is 0 Å². The molecule has 8 aromatic carbocycles. The quantitative estimate of drug-likeness (QED) is 0.164. The van der Waals surface area contributed by atoms with Gasteiger partial charge >= 0.3 is 0 Å². The maximum atomic E-state index is 5.10. The molecule has 0 fully saturated rings. The molecule has 0 atom stereocenters. The van der Waals surface area contributed by atoms with Crippen LogP contribution >= 0.6 is 11.3 Å². The Morgan fingerprint density at radius 2 is 0.696 bits per heavy atom. The first-order chi connectivity index (χ1) is 27.6. The van der Waals surface area contributed by atoms with Crippen LogP contribution in [0.5, 0.6) is 0 Å². The summed E-state index contributed by atoms with van der Waals surface area (Å²) in [4.78, 5) is 15.2. The molecular weight excluding hydrogens is 699 g/mol. The zero-order chi connectivity index (χ0) is 37.4. The van der Waals surface area contributed by atoms with Crippen LogP contribution in [-0.4, -0.2) is 15.0 Å². The molecule has 10 aromatic rings. The third kappa shape index (κ3) is 6.36. The summed E-state index contributed by atoms with van der Waals surface area (Å²) >= 11 is 1.87. The summed E-state index contributed by atoms with van der Waals surface area (Å²) in [7, 11) is 0. The second-order valence-electron chi connectivity index (χ2n) is 14.1. The van der Waals surface area contributed by atoms with Crippen molar-refractivity contribution in [3.8, 4) is 78.7 Å². The Morgan fingerprint density at radius 3 is 1.21 bits per heavy atom. The number of thiophene rings is 1. The van der Waals surface area contributed by atoms with Crippen LogP contribution in [0.1, 0.15) is 5.56 Å². The summed E-state index contributed by atoms with van der Waals surface area (Å²) in [5.74, 6) is 1.95. The zero-order valence-corrected chi connectivity index (χ0v) is 31.5. The van der Waals surface area contributed by atoms with E-state index in [1.54, 1.807) is 0 Å². The molecule has 0 aliphatic rings. The van der Waals surface area contributed by atoms with Gasteiger partial charge in [-0.3, -0.25) is 0 Å². The smallest absolute Gasteiger partial charge is 0.164 e. The lowest BCUT2D eigenvalue weighted by atomic mass is 9.93. The van der Waals surface area contributed by atoms with Crippen molar-refractivity contribution < 1.29 is 0 Å². The van der Waals surface area contributed by atoms with Crippen LogP contribution in [0.15, 0.2) is 194 Å². The lowest BCUT2D eigenvalue weighted by Crippen LogP contribution is -2.00. The highest BCUT2D eigenvalue weighted by molar-refractivity contribution is 7.27. The predicted molar refractivity (Wildman–Crippen MR) is 236 cm³/mol. The first-order valence-electron chi connectivity index (χ1n) is 18.8. The highest BCUT2D eigenvalue weighted by Gasteiger charge is 2.19. The van der Waals surface area contributed by atoms with E-state index in [4.69, 9.17) is 15.0 Å². The summed E-state index contributed by atoms with van der Waals surface area (Å²) in [6, 6.07) is 68.9. The molecule has 0 amide bonds. The Hall–Kier alpha value is -7.01. The monoisotopic (exact) mass is 733 g/mol. The van der Waals surface area contributed by atoms with Gasteiger partial charge in [-0.25, -0.2) is 15.0 Å². The molecule has 0 bridgehead atoms. The number of hydrogen-bond donors (Lipinski definition) is 0. The second-order valence-corrected chi connectivity index (χ2v) is 15.1. The Morgan fingerprint density at radius 1 is 0.304 bits per heavy atom. The Balaban J connectivity index is 1.21. The van der Waals surface area contributed by atoms with Crippen LogP contribution in [-0.2, 0) is 0 Å². The summed E-state index contributed by atoms with van der Waals surface area (Å²) < 4.78 is 2.53. The van der Waals surface area contributed by atoms with Crippen molar-refractivity contribution in [3.63, 3.8) is 0 Å². The van der Waals surface area contributed by atoms with Crippen molar-refractivity contribution in [1.82, 2.24) is 15.0 Å². The Kier molecular flexibility index (Phi) is 8.59. The molecule has 56 heavy (non-hydrogen) atoms. The van der Waals surface area contributed by atoms with Gasteiger partial charge in [0.2, 0.25) is 0 Å². The first-order valence-corrected chi connectivity index (χ1v) is 19.7. The van der Waals surface area contributed by atoms with Gasteiger partial charge in [0.15, 0.2) is 17.5 Å². The van der Waals surface area contributed by atoms with Gasteiger partial charge in [-0.05, 0) is 76.7 Å². The van der Waals surface area contributed by atoms with Gasteiger partial charge in [0.05, 0.1) is 0 Å². The largest absolute Gasteiger partial charge is 0.208 e. The molecule has 2 aromatic heterocycles. The molecule has 3 nitrogen and oxygen atoms in total. The maximum absolute atomic E-state index is 5.10. The number of hydrogen-bond acceptors (Lipinski definition) is 4. The molecule has 0 saturated heterocycles. The van der Waals surface area contributed by atoms with Gasteiger partial charge in [0, 0.05) is 48.0 Å². The van der Waals surface area contributed by atoms with Crippen molar-refractivity contribution >= 4 is 31.5 Å². The van der Waals surface area contributed by atoms with Crippen LogP contribution in [0.2, 0.25) is 0 Å². The molecule has 0 aliphatic carbocycles. The van der Waals surface area contributed by atoms with Gasteiger partial charge < -0.3 is 0 Å². The minimum absolute atomic E-state index is 0.642. The van der Waals surface area contributed by atoms with Crippen molar-refractivity contribution in [2.45, 2.75) is 6.92 Å². The second kappa shape index (κ2) is 14.3. The van der Waals surface area contributed by atoms with Crippen LogP contribution in [0, 0.1) is 6.92 Å². The fourth-order valence-electron chi connectivity index (χ4n) is 7.58. The number of nitrogens with zero attached hydrogens (tertiary/aromatic N) is 3. The minimum Gasteiger partial charge on any atom is -0.208 e. The van der Waals surface area contributed by atoms with E-state index in [0.717, 1.165) is 27.8 Å². The number of aryl methyl sites for hydroxylation is 1. The number of rotatable bonds is 7. The van der Waals surface area contributed by atoms with E-state index in [1.807, 2.05) is 29.5 Å². The van der Waals surface area contributed by atoms with Gasteiger partial charge in [-0.1, -0.05) is 163 Å². The van der Waals surface area contributed by atoms with Crippen LogP contribution in [0.4, 0.5) is 0 Å². The maximum Gasteiger partial charge on any atom is 0.164 e. The van der Waals surface area contributed by atoms with Gasteiger partial charge in [-0.2, -0.15) is 0 Å². The predicted octanol–water partition coefficient (Wildman–Crippen LogP) is 14.2. The van der Waals surface area contributed by atoms with Crippen molar-refractivity contribution in [1.29, 1.82) is 0 Å². The number of aromatic nitrogens is 3. The molecule has 4 heteroatoms. The standard InChI is InChI=1S/C52H35N3S/c1-34-16-14-26-40(28-34)51-53-50(38-23-12-5-13-24-38)54-52(55-51)41-27-15-25-39(29-41)45-31-43(36-19-8-3-9-20-36)33-47-46-32-42(35-17-6-2-7-18-35)30-44(48(46)56-49(45)47)37-21-10-4-11-22-37/h2-33H,1H3. The number of benzene rings is 8. The van der Waals surface area contributed by atoms with E-state index >= 15 is 0 Å². The highest BCUT2D eigenvalue weighted by Crippen LogP contribution is 2.47. The average Bonchev–Trinajstić information content (AvgIpc) is 3.65. The SMILES string of the molecule is Cc1cccc(-c2nc(-c3ccccc3)nc(-c3cccc(-c4cc(-c5ccccc5)cc5c4sc4c(-c6ccccc6)cc(-c6ccccc6)cc45)c3)n2)c1. The molecule has 0 N–H and O–H groups in total. The van der Waals surface area contributed by atoms with Crippen LogP contribution in [0.3, 0.4) is 0 Å². The third-order valence-corrected chi connectivity index (χ3v) is 11.6. The van der Waals surface area contributed by atoms with E-state index in [2.05, 4.69) is 183 Å².